The summed E-state index contributed by atoms with van der Waals surface area (Å²) < 4.78 is 0. The van der Waals surface area contributed by atoms with Crippen LogP contribution in [0.4, 0.5) is 0 Å². The van der Waals surface area contributed by atoms with Crippen LogP contribution in [-0.4, -0.2) is 21.8 Å². The Balaban J connectivity index is 1.69. The lowest BCUT2D eigenvalue weighted by Crippen LogP contribution is -2.62. The number of carbonyl (C=O) groups is 1. The molecule has 4 fully saturated rings. The largest absolute Gasteiger partial charge is 0.360 e. The van der Waals surface area contributed by atoms with Gasteiger partial charge in [-0.3, -0.25) is 4.79 Å². The molecule has 2 N–H and O–H groups in total. The SMILES string of the molecule is CC[C@H]1CC[C@H]2[C@@H]3CC[C@H]4CCC(O)(O)C(=O)[C@]4(C)[C@H]3CC[C@]12C. The fraction of sp³-hybridized carbons (Fsp3) is 0.952. The lowest BCUT2D eigenvalue weighted by atomic mass is 9.44. The van der Waals surface area contributed by atoms with Crippen molar-refractivity contribution >= 4 is 5.78 Å². The predicted octanol–water partition coefficient (Wildman–Crippen LogP) is 3.92. The average Bonchev–Trinajstić information content (AvgIpc) is 2.88. The molecule has 0 aromatic carbocycles. The van der Waals surface area contributed by atoms with E-state index in [4.69, 9.17) is 0 Å². The van der Waals surface area contributed by atoms with Gasteiger partial charge >= 0.3 is 0 Å². The molecule has 0 aromatic heterocycles. The summed E-state index contributed by atoms with van der Waals surface area (Å²) in [6.07, 6.45) is 9.62. The van der Waals surface area contributed by atoms with E-state index in [0.29, 0.717) is 23.2 Å². The summed E-state index contributed by atoms with van der Waals surface area (Å²) in [6.45, 7) is 6.92. The Bertz CT molecular complexity index is 541. The highest BCUT2D eigenvalue weighted by molar-refractivity contribution is 5.92. The van der Waals surface area contributed by atoms with Crippen LogP contribution >= 0.6 is 0 Å². The van der Waals surface area contributed by atoms with Crippen LogP contribution < -0.4 is 0 Å². The molecule has 0 amide bonds. The van der Waals surface area contributed by atoms with Gasteiger partial charge < -0.3 is 10.2 Å². The highest BCUT2D eigenvalue weighted by atomic mass is 16.5. The first kappa shape index (κ1) is 17.0. The van der Waals surface area contributed by atoms with Gasteiger partial charge in [-0.2, -0.15) is 0 Å². The third-order valence-electron chi connectivity index (χ3n) is 9.29. The Labute approximate surface area is 146 Å². The molecule has 3 heteroatoms. The summed E-state index contributed by atoms with van der Waals surface area (Å²) in [4.78, 5) is 13.1. The van der Waals surface area contributed by atoms with E-state index in [1.807, 2.05) is 0 Å². The van der Waals surface area contributed by atoms with Crippen molar-refractivity contribution in [2.45, 2.75) is 84.3 Å². The minimum Gasteiger partial charge on any atom is -0.360 e. The standard InChI is InChI=1S/C21H34O3/c1-4-13-6-8-16-15-7-5-14-9-12-21(23,24)18(22)20(14,3)17(15)10-11-19(13,16)2/h13-17,23-24H,4-12H2,1-3H3/t13-,14-,15-,16-,17-,19+,20-/m0/s1. The summed E-state index contributed by atoms with van der Waals surface area (Å²) in [5, 5.41) is 20.5. The first-order chi connectivity index (χ1) is 11.2. The molecule has 0 heterocycles. The molecule has 3 nitrogen and oxygen atoms in total. The normalized spacial score (nSPS) is 53.2. The number of aliphatic hydroxyl groups is 2. The van der Waals surface area contributed by atoms with Crippen LogP contribution in [0.15, 0.2) is 0 Å². The molecule has 4 saturated carbocycles. The molecule has 0 saturated heterocycles. The van der Waals surface area contributed by atoms with Gasteiger partial charge in [0.25, 0.3) is 0 Å². The fourth-order valence-electron chi connectivity index (χ4n) is 7.93. The van der Waals surface area contributed by atoms with Crippen molar-refractivity contribution in [3.05, 3.63) is 0 Å². The maximum Gasteiger partial charge on any atom is 0.224 e. The number of hydrogen-bond acceptors (Lipinski definition) is 3. The Hall–Kier alpha value is -0.410. The van der Waals surface area contributed by atoms with Crippen LogP contribution in [0.1, 0.15) is 78.6 Å². The van der Waals surface area contributed by atoms with E-state index in [0.717, 1.165) is 31.1 Å². The Morgan fingerprint density at radius 1 is 0.958 bits per heavy atom. The molecule has 4 aliphatic rings. The third kappa shape index (κ3) is 2.00. The molecule has 136 valence electrons. The minimum absolute atomic E-state index is 0.225. The van der Waals surface area contributed by atoms with Gasteiger partial charge in [0.15, 0.2) is 5.78 Å². The molecular formula is C21H34O3. The van der Waals surface area contributed by atoms with Crippen LogP contribution in [0.25, 0.3) is 0 Å². The number of Topliss-reactive ketones (excluding diaryl/α,β-unsaturated/α-hetero) is 1. The summed E-state index contributed by atoms with van der Waals surface area (Å²) in [5.74, 6) is 0.540. The monoisotopic (exact) mass is 334 g/mol. The van der Waals surface area contributed by atoms with Crippen molar-refractivity contribution in [3.8, 4) is 0 Å². The van der Waals surface area contributed by atoms with Crippen molar-refractivity contribution in [1.82, 2.24) is 0 Å². The first-order valence-electron chi connectivity index (χ1n) is 10.2. The molecule has 4 aliphatic carbocycles. The van der Waals surface area contributed by atoms with Crippen LogP contribution in [0.5, 0.6) is 0 Å². The number of ketones is 1. The second kappa shape index (κ2) is 5.30. The van der Waals surface area contributed by atoms with E-state index < -0.39 is 11.2 Å². The zero-order valence-electron chi connectivity index (χ0n) is 15.6. The van der Waals surface area contributed by atoms with Gasteiger partial charge in [0.05, 0.1) is 0 Å². The molecule has 0 radical (unpaired) electrons. The smallest absolute Gasteiger partial charge is 0.224 e. The van der Waals surface area contributed by atoms with Crippen LogP contribution in [-0.2, 0) is 4.79 Å². The fourth-order valence-corrected chi connectivity index (χ4v) is 7.93. The first-order valence-corrected chi connectivity index (χ1v) is 10.2. The highest BCUT2D eigenvalue weighted by Crippen LogP contribution is 2.67. The van der Waals surface area contributed by atoms with Gasteiger partial charge in [-0.05, 0) is 80.0 Å². The summed E-state index contributed by atoms with van der Waals surface area (Å²) >= 11 is 0. The van der Waals surface area contributed by atoms with E-state index in [-0.39, 0.29) is 12.2 Å². The molecule has 0 aromatic rings. The van der Waals surface area contributed by atoms with E-state index in [1.54, 1.807) is 0 Å². The van der Waals surface area contributed by atoms with Crippen molar-refractivity contribution < 1.29 is 15.0 Å². The van der Waals surface area contributed by atoms with Crippen LogP contribution in [0.3, 0.4) is 0 Å². The maximum atomic E-state index is 13.1. The van der Waals surface area contributed by atoms with Gasteiger partial charge in [0, 0.05) is 11.8 Å². The number of hydrogen-bond donors (Lipinski definition) is 2. The van der Waals surface area contributed by atoms with E-state index in [2.05, 4.69) is 20.8 Å². The molecule has 24 heavy (non-hydrogen) atoms. The number of carbonyl (C=O) groups excluding carboxylic acids is 1. The third-order valence-corrected chi connectivity index (χ3v) is 9.29. The Morgan fingerprint density at radius 2 is 1.71 bits per heavy atom. The Morgan fingerprint density at radius 3 is 2.42 bits per heavy atom. The molecule has 0 bridgehead atoms. The second-order valence-electron chi connectivity index (χ2n) is 9.85. The zero-order valence-corrected chi connectivity index (χ0v) is 15.6. The quantitative estimate of drug-likeness (QED) is 0.715. The summed E-state index contributed by atoms with van der Waals surface area (Å²) in [6, 6.07) is 0. The molecule has 0 spiro atoms. The van der Waals surface area contributed by atoms with Crippen LogP contribution in [0.2, 0.25) is 0 Å². The number of fused-ring (bicyclic) bond motifs is 5. The number of rotatable bonds is 1. The molecule has 7 atom stereocenters. The van der Waals surface area contributed by atoms with Crippen molar-refractivity contribution in [2.75, 3.05) is 0 Å². The lowest BCUT2D eigenvalue weighted by molar-refractivity contribution is -0.224. The highest BCUT2D eigenvalue weighted by Gasteiger charge is 2.64. The minimum atomic E-state index is -2.09. The van der Waals surface area contributed by atoms with Gasteiger partial charge in [0.1, 0.15) is 0 Å². The molecular weight excluding hydrogens is 300 g/mol. The van der Waals surface area contributed by atoms with Gasteiger partial charge in [-0.25, -0.2) is 0 Å². The molecule has 4 rings (SSSR count). The predicted molar refractivity (Wildman–Crippen MR) is 93.1 cm³/mol. The van der Waals surface area contributed by atoms with E-state index in [1.165, 1.54) is 32.1 Å². The Kier molecular flexibility index (Phi) is 3.76. The van der Waals surface area contributed by atoms with Crippen molar-refractivity contribution in [2.24, 2.45) is 40.4 Å². The van der Waals surface area contributed by atoms with Crippen LogP contribution in [0, 0.1) is 40.4 Å². The summed E-state index contributed by atoms with van der Waals surface area (Å²) in [7, 11) is 0. The average molecular weight is 335 g/mol. The van der Waals surface area contributed by atoms with E-state index >= 15 is 0 Å². The van der Waals surface area contributed by atoms with Crippen molar-refractivity contribution in [3.63, 3.8) is 0 Å². The van der Waals surface area contributed by atoms with Gasteiger partial charge in [-0.15, -0.1) is 0 Å². The lowest BCUT2D eigenvalue weighted by Gasteiger charge is -2.60. The van der Waals surface area contributed by atoms with E-state index in [9.17, 15) is 15.0 Å². The summed E-state index contributed by atoms with van der Waals surface area (Å²) in [5.41, 5.74) is -0.0668. The van der Waals surface area contributed by atoms with Gasteiger partial charge in [-0.1, -0.05) is 27.2 Å². The molecule has 0 unspecified atom stereocenters. The maximum absolute atomic E-state index is 13.1. The van der Waals surface area contributed by atoms with Crippen molar-refractivity contribution in [1.29, 1.82) is 0 Å². The molecule has 0 aliphatic heterocycles. The zero-order chi connectivity index (χ0) is 17.3. The second-order valence-corrected chi connectivity index (χ2v) is 9.85. The topological polar surface area (TPSA) is 57.5 Å². The van der Waals surface area contributed by atoms with Gasteiger partial charge in [0.2, 0.25) is 5.79 Å².